The van der Waals surface area contributed by atoms with Gasteiger partial charge in [-0.15, -0.1) is 0 Å². The lowest BCUT2D eigenvalue weighted by Crippen LogP contribution is -2.18. The molecule has 2 aromatic heterocycles. The van der Waals surface area contributed by atoms with Gasteiger partial charge in [-0.05, 0) is 18.6 Å². The molecule has 0 aliphatic carbocycles. The number of hydrogen-bond acceptors (Lipinski definition) is 4. The van der Waals surface area contributed by atoms with Crippen LogP contribution in [-0.4, -0.2) is 31.0 Å². The second kappa shape index (κ2) is 6.26. The van der Waals surface area contributed by atoms with Crippen LogP contribution in [0, 0.1) is 0 Å². The SMILES string of the molecule is CCCn1ncnc1CC(O)Cc1ccccn1. The predicted octanol–water partition coefficient (Wildman–Crippen LogP) is 1.23. The highest BCUT2D eigenvalue weighted by Gasteiger charge is 2.12. The van der Waals surface area contributed by atoms with E-state index in [-0.39, 0.29) is 0 Å². The van der Waals surface area contributed by atoms with E-state index in [1.54, 1.807) is 12.5 Å². The third kappa shape index (κ3) is 3.37. The molecular weight excluding hydrogens is 228 g/mol. The molecule has 1 unspecified atom stereocenters. The lowest BCUT2D eigenvalue weighted by atomic mass is 10.1. The van der Waals surface area contributed by atoms with Crippen molar-refractivity contribution in [3.8, 4) is 0 Å². The summed E-state index contributed by atoms with van der Waals surface area (Å²) >= 11 is 0. The van der Waals surface area contributed by atoms with Gasteiger partial charge in [-0.1, -0.05) is 13.0 Å². The van der Waals surface area contributed by atoms with Gasteiger partial charge in [0.1, 0.15) is 12.2 Å². The third-order valence-electron chi connectivity index (χ3n) is 2.72. The van der Waals surface area contributed by atoms with Gasteiger partial charge in [0.05, 0.1) is 6.10 Å². The topological polar surface area (TPSA) is 63.8 Å². The number of aliphatic hydroxyl groups excluding tert-OH is 1. The van der Waals surface area contributed by atoms with Crippen LogP contribution >= 0.6 is 0 Å². The van der Waals surface area contributed by atoms with Crippen LogP contribution in [0.5, 0.6) is 0 Å². The van der Waals surface area contributed by atoms with E-state index in [1.165, 1.54) is 0 Å². The van der Waals surface area contributed by atoms with E-state index in [1.807, 2.05) is 22.9 Å². The molecule has 0 radical (unpaired) electrons. The molecule has 0 aromatic carbocycles. The number of pyridine rings is 1. The van der Waals surface area contributed by atoms with Gasteiger partial charge in [0.25, 0.3) is 0 Å². The van der Waals surface area contributed by atoms with E-state index < -0.39 is 6.10 Å². The maximum Gasteiger partial charge on any atom is 0.138 e. The normalized spacial score (nSPS) is 12.6. The monoisotopic (exact) mass is 246 g/mol. The minimum Gasteiger partial charge on any atom is -0.392 e. The summed E-state index contributed by atoms with van der Waals surface area (Å²) in [6.07, 6.45) is 4.86. The molecule has 2 heterocycles. The van der Waals surface area contributed by atoms with Gasteiger partial charge in [-0.25, -0.2) is 4.98 Å². The van der Waals surface area contributed by atoms with Crippen LogP contribution in [0.3, 0.4) is 0 Å². The lowest BCUT2D eigenvalue weighted by Gasteiger charge is -2.10. The summed E-state index contributed by atoms with van der Waals surface area (Å²) in [5, 5.41) is 14.2. The summed E-state index contributed by atoms with van der Waals surface area (Å²) in [4.78, 5) is 8.39. The van der Waals surface area contributed by atoms with Crippen molar-refractivity contribution in [2.45, 2.75) is 38.8 Å². The average molecular weight is 246 g/mol. The van der Waals surface area contributed by atoms with E-state index >= 15 is 0 Å². The van der Waals surface area contributed by atoms with Crippen LogP contribution in [0.25, 0.3) is 0 Å². The summed E-state index contributed by atoms with van der Waals surface area (Å²) in [5.41, 5.74) is 0.895. The molecule has 0 fully saturated rings. The smallest absolute Gasteiger partial charge is 0.138 e. The van der Waals surface area contributed by atoms with Crippen molar-refractivity contribution in [3.63, 3.8) is 0 Å². The molecule has 1 N–H and O–H groups in total. The minimum atomic E-state index is -0.472. The first-order valence-corrected chi connectivity index (χ1v) is 6.24. The summed E-state index contributed by atoms with van der Waals surface area (Å²) in [5.74, 6) is 0.834. The summed E-state index contributed by atoms with van der Waals surface area (Å²) < 4.78 is 1.85. The quantitative estimate of drug-likeness (QED) is 0.832. The highest BCUT2D eigenvalue weighted by Crippen LogP contribution is 2.06. The molecular formula is C13H18N4O. The summed E-state index contributed by atoms with van der Waals surface area (Å²) in [6, 6.07) is 5.71. The van der Waals surface area contributed by atoms with E-state index in [0.717, 1.165) is 24.5 Å². The molecule has 0 spiro atoms. The van der Waals surface area contributed by atoms with Crippen molar-refractivity contribution >= 4 is 0 Å². The van der Waals surface area contributed by atoms with E-state index in [0.29, 0.717) is 12.8 Å². The van der Waals surface area contributed by atoms with Gasteiger partial charge in [-0.3, -0.25) is 9.67 Å². The fourth-order valence-electron chi connectivity index (χ4n) is 1.89. The van der Waals surface area contributed by atoms with Gasteiger partial charge in [0.15, 0.2) is 0 Å². The van der Waals surface area contributed by atoms with Gasteiger partial charge in [0, 0.05) is 31.3 Å². The van der Waals surface area contributed by atoms with Gasteiger partial charge < -0.3 is 5.11 Å². The number of rotatable bonds is 6. The summed E-state index contributed by atoms with van der Waals surface area (Å²) in [6.45, 7) is 2.93. The molecule has 0 aliphatic rings. The van der Waals surface area contributed by atoms with Gasteiger partial charge in [0.2, 0.25) is 0 Å². The first-order chi connectivity index (χ1) is 8.79. The van der Waals surface area contributed by atoms with Crippen LogP contribution < -0.4 is 0 Å². The van der Waals surface area contributed by atoms with Crippen molar-refractivity contribution in [1.29, 1.82) is 0 Å². The number of aryl methyl sites for hydroxylation is 1. The molecule has 0 saturated carbocycles. The molecule has 1 atom stereocenters. The number of aliphatic hydroxyl groups is 1. The van der Waals surface area contributed by atoms with Crippen molar-refractivity contribution in [2.75, 3.05) is 0 Å². The average Bonchev–Trinajstić information content (AvgIpc) is 2.78. The Morgan fingerprint density at radius 3 is 2.89 bits per heavy atom. The Hall–Kier alpha value is -1.75. The molecule has 0 saturated heterocycles. The molecule has 0 bridgehead atoms. The zero-order chi connectivity index (χ0) is 12.8. The Bertz CT molecular complexity index is 469. The Labute approximate surface area is 107 Å². The van der Waals surface area contributed by atoms with Gasteiger partial charge in [-0.2, -0.15) is 5.10 Å². The lowest BCUT2D eigenvalue weighted by molar-refractivity contribution is 0.170. The molecule has 5 nitrogen and oxygen atoms in total. The third-order valence-corrected chi connectivity index (χ3v) is 2.72. The van der Waals surface area contributed by atoms with Crippen molar-refractivity contribution in [2.24, 2.45) is 0 Å². The van der Waals surface area contributed by atoms with Crippen LogP contribution in [0.1, 0.15) is 24.9 Å². The van der Waals surface area contributed by atoms with Crippen LogP contribution in [0.2, 0.25) is 0 Å². The fraction of sp³-hybridized carbons (Fsp3) is 0.462. The van der Waals surface area contributed by atoms with Crippen molar-refractivity contribution in [3.05, 3.63) is 42.2 Å². The Morgan fingerprint density at radius 2 is 2.17 bits per heavy atom. The second-order valence-corrected chi connectivity index (χ2v) is 4.28. The van der Waals surface area contributed by atoms with Crippen molar-refractivity contribution in [1.82, 2.24) is 19.7 Å². The van der Waals surface area contributed by atoms with Crippen molar-refractivity contribution < 1.29 is 5.11 Å². The van der Waals surface area contributed by atoms with E-state index in [9.17, 15) is 5.11 Å². The molecule has 2 aromatic rings. The zero-order valence-corrected chi connectivity index (χ0v) is 10.5. The van der Waals surface area contributed by atoms with Gasteiger partial charge >= 0.3 is 0 Å². The largest absolute Gasteiger partial charge is 0.392 e. The van der Waals surface area contributed by atoms with Crippen LogP contribution in [0.15, 0.2) is 30.7 Å². The standard InChI is InChI=1S/C13H18N4O/c1-2-7-17-13(15-10-16-17)9-12(18)8-11-5-3-4-6-14-11/h3-6,10,12,18H,2,7-9H2,1H3. The maximum absolute atomic E-state index is 10.0. The first kappa shape index (κ1) is 12.7. The van der Waals surface area contributed by atoms with E-state index in [4.69, 9.17) is 0 Å². The molecule has 0 aliphatic heterocycles. The Balaban J connectivity index is 1.94. The fourth-order valence-corrected chi connectivity index (χ4v) is 1.89. The minimum absolute atomic E-state index is 0.472. The molecule has 2 rings (SSSR count). The zero-order valence-electron chi connectivity index (χ0n) is 10.5. The second-order valence-electron chi connectivity index (χ2n) is 4.28. The highest BCUT2D eigenvalue weighted by molar-refractivity contribution is 5.05. The highest BCUT2D eigenvalue weighted by atomic mass is 16.3. The van der Waals surface area contributed by atoms with Crippen LogP contribution in [-0.2, 0) is 19.4 Å². The molecule has 5 heteroatoms. The maximum atomic E-state index is 10.0. The number of aromatic nitrogens is 4. The number of hydrogen-bond donors (Lipinski definition) is 1. The molecule has 96 valence electrons. The molecule has 18 heavy (non-hydrogen) atoms. The van der Waals surface area contributed by atoms with E-state index in [2.05, 4.69) is 22.0 Å². The molecule has 0 amide bonds. The predicted molar refractivity (Wildman–Crippen MR) is 68.0 cm³/mol. The Morgan fingerprint density at radius 1 is 1.28 bits per heavy atom. The number of nitrogens with zero attached hydrogens (tertiary/aromatic N) is 4. The van der Waals surface area contributed by atoms with Crippen LogP contribution in [0.4, 0.5) is 0 Å². The Kier molecular flexibility index (Phi) is 4.41. The first-order valence-electron chi connectivity index (χ1n) is 6.24. The summed E-state index contributed by atoms with van der Waals surface area (Å²) in [7, 11) is 0.